The summed E-state index contributed by atoms with van der Waals surface area (Å²) in [7, 11) is 0. The van der Waals surface area contributed by atoms with E-state index in [-0.39, 0.29) is 0 Å². The van der Waals surface area contributed by atoms with E-state index in [2.05, 4.69) is 84.3 Å². The molecule has 0 bridgehead atoms. The van der Waals surface area contributed by atoms with E-state index in [1.165, 1.54) is 118 Å². The second-order valence-corrected chi connectivity index (χ2v) is 10.0. The highest BCUT2D eigenvalue weighted by molar-refractivity contribution is 5.92. The number of aromatic amines is 1. The molecule has 184 valence electrons. The zero-order chi connectivity index (χ0) is 23.8. The largest absolute Gasteiger partial charge is 0.358 e. The minimum absolute atomic E-state index is 1.13. The van der Waals surface area contributed by atoms with E-state index in [4.69, 9.17) is 0 Å². The van der Waals surface area contributed by atoms with Crippen molar-refractivity contribution in [1.82, 2.24) is 4.98 Å². The quantitative estimate of drug-likeness (QED) is 0.153. The molecule has 2 heterocycles. The molecular formula is C32H47N2+. The first-order valence-electron chi connectivity index (χ1n) is 14.0. The number of unbranched alkanes of at least 4 members (excludes halogenated alkanes) is 13. The van der Waals surface area contributed by atoms with E-state index in [0.717, 1.165) is 6.54 Å². The topological polar surface area (TPSA) is 19.7 Å². The number of aromatic nitrogens is 2. The molecule has 3 aromatic rings. The lowest BCUT2D eigenvalue weighted by Gasteiger charge is -2.03. The van der Waals surface area contributed by atoms with E-state index in [9.17, 15) is 0 Å². The number of rotatable bonds is 17. The maximum atomic E-state index is 3.48. The molecule has 34 heavy (non-hydrogen) atoms. The normalized spacial score (nSPS) is 11.7. The van der Waals surface area contributed by atoms with Crippen LogP contribution in [0.5, 0.6) is 0 Å². The van der Waals surface area contributed by atoms with Gasteiger partial charge in [-0.3, -0.25) is 0 Å². The van der Waals surface area contributed by atoms with E-state index in [1.54, 1.807) is 0 Å². The Kier molecular flexibility index (Phi) is 12.0. The first-order chi connectivity index (χ1) is 16.8. The standard InChI is InChI=1S/C32H46N2/c1-3-4-5-6-7-8-9-10-11-12-13-14-15-18-25-34-26-23-29(24-27-34)21-22-30-28(2)33-32-20-17-16-19-31(30)32/h16-17,19-24,26-27H,3-15,18,25H2,1-2H3/p+1. The molecule has 0 unspecified atom stereocenters. The molecule has 0 aliphatic rings. The Balaban J connectivity index is 1.25. The van der Waals surface area contributed by atoms with Gasteiger partial charge < -0.3 is 4.98 Å². The summed E-state index contributed by atoms with van der Waals surface area (Å²) in [5, 5.41) is 1.29. The van der Waals surface area contributed by atoms with Gasteiger partial charge in [-0.05, 0) is 25.0 Å². The van der Waals surface area contributed by atoms with Gasteiger partial charge in [-0.25, -0.2) is 4.57 Å². The Morgan fingerprint density at radius 3 is 1.85 bits per heavy atom. The molecule has 2 nitrogen and oxygen atoms in total. The summed E-state index contributed by atoms with van der Waals surface area (Å²) >= 11 is 0. The van der Waals surface area contributed by atoms with Crippen molar-refractivity contribution in [1.29, 1.82) is 0 Å². The maximum Gasteiger partial charge on any atom is 0.169 e. The van der Waals surface area contributed by atoms with Gasteiger partial charge in [-0.15, -0.1) is 0 Å². The van der Waals surface area contributed by atoms with Crippen molar-refractivity contribution >= 4 is 23.1 Å². The number of fused-ring (bicyclic) bond motifs is 1. The molecule has 0 saturated carbocycles. The third kappa shape index (κ3) is 9.12. The molecule has 0 aliphatic heterocycles. The summed E-state index contributed by atoms with van der Waals surface area (Å²) in [4.78, 5) is 3.48. The Morgan fingerprint density at radius 1 is 0.676 bits per heavy atom. The van der Waals surface area contributed by atoms with Crippen molar-refractivity contribution in [3.05, 3.63) is 65.6 Å². The lowest BCUT2D eigenvalue weighted by Crippen LogP contribution is -2.32. The molecule has 0 spiro atoms. The summed E-state index contributed by atoms with van der Waals surface area (Å²) < 4.78 is 2.33. The SMILES string of the molecule is CCCCCCCCCCCCCCCC[n+]1ccc(/C=C/c2c(C)[nH]c3ccccc23)cc1. The molecule has 2 aromatic heterocycles. The highest BCUT2D eigenvalue weighted by Gasteiger charge is 2.05. The lowest BCUT2D eigenvalue weighted by atomic mass is 10.0. The fourth-order valence-electron chi connectivity index (χ4n) is 4.91. The van der Waals surface area contributed by atoms with Crippen LogP contribution >= 0.6 is 0 Å². The van der Waals surface area contributed by atoms with Crippen molar-refractivity contribution in [2.24, 2.45) is 0 Å². The fourth-order valence-corrected chi connectivity index (χ4v) is 4.91. The van der Waals surface area contributed by atoms with E-state index >= 15 is 0 Å². The summed E-state index contributed by atoms with van der Waals surface area (Å²) in [6, 6.07) is 13.0. The number of nitrogens with zero attached hydrogens (tertiary/aromatic N) is 1. The monoisotopic (exact) mass is 459 g/mol. The third-order valence-corrected chi connectivity index (χ3v) is 7.07. The van der Waals surface area contributed by atoms with Gasteiger partial charge >= 0.3 is 0 Å². The van der Waals surface area contributed by atoms with Crippen LogP contribution in [-0.4, -0.2) is 4.98 Å². The number of hydrogen-bond acceptors (Lipinski definition) is 0. The minimum atomic E-state index is 1.13. The number of para-hydroxylation sites is 1. The number of nitrogens with one attached hydrogen (secondary N) is 1. The minimum Gasteiger partial charge on any atom is -0.358 e. The molecule has 2 heteroatoms. The molecule has 0 atom stereocenters. The number of benzene rings is 1. The molecule has 3 rings (SSSR count). The van der Waals surface area contributed by atoms with Crippen LogP contribution in [0, 0.1) is 6.92 Å². The number of H-pyrrole nitrogens is 1. The summed E-state index contributed by atoms with van der Waals surface area (Å²) in [5.41, 5.74) is 4.97. The Bertz CT molecular complexity index is 964. The summed E-state index contributed by atoms with van der Waals surface area (Å²) in [5.74, 6) is 0. The van der Waals surface area contributed by atoms with Crippen LogP contribution in [0.1, 0.15) is 114 Å². The van der Waals surface area contributed by atoms with Crippen LogP contribution in [0.4, 0.5) is 0 Å². The van der Waals surface area contributed by atoms with Crippen molar-refractivity contribution < 1.29 is 4.57 Å². The van der Waals surface area contributed by atoms with Gasteiger partial charge in [0.05, 0.1) is 0 Å². The maximum absolute atomic E-state index is 3.48. The number of hydrogen-bond donors (Lipinski definition) is 1. The van der Waals surface area contributed by atoms with Crippen molar-refractivity contribution in [3.8, 4) is 0 Å². The van der Waals surface area contributed by atoms with Crippen LogP contribution in [0.25, 0.3) is 23.1 Å². The van der Waals surface area contributed by atoms with Crippen LogP contribution in [0.2, 0.25) is 0 Å². The predicted octanol–water partition coefficient (Wildman–Crippen LogP) is 9.42. The van der Waals surface area contributed by atoms with Gasteiger partial charge in [0.25, 0.3) is 0 Å². The Labute approximate surface area is 208 Å². The lowest BCUT2D eigenvalue weighted by molar-refractivity contribution is -0.697. The predicted molar refractivity (Wildman–Crippen MR) is 149 cm³/mol. The van der Waals surface area contributed by atoms with Gasteiger partial charge in [0.2, 0.25) is 0 Å². The van der Waals surface area contributed by atoms with Gasteiger partial charge in [0.15, 0.2) is 12.4 Å². The van der Waals surface area contributed by atoms with E-state index in [1.807, 2.05) is 0 Å². The van der Waals surface area contributed by atoms with Crippen LogP contribution in [0.15, 0.2) is 48.8 Å². The average molecular weight is 460 g/mol. The number of aryl methyl sites for hydroxylation is 2. The van der Waals surface area contributed by atoms with Crippen LogP contribution in [-0.2, 0) is 6.54 Å². The fraction of sp³-hybridized carbons (Fsp3) is 0.531. The molecule has 1 aromatic carbocycles. The summed E-state index contributed by atoms with van der Waals surface area (Å²) in [6.45, 7) is 5.57. The van der Waals surface area contributed by atoms with Gasteiger partial charge in [0.1, 0.15) is 6.54 Å². The van der Waals surface area contributed by atoms with Crippen LogP contribution < -0.4 is 4.57 Å². The highest BCUT2D eigenvalue weighted by Crippen LogP contribution is 2.23. The first kappa shape index (κ1) is 26.3. The molecule has 0 saturated heterocycles. The van der Waals surface area contributed by atoms with Crippen molar-refractivity contribution in [3.63, 3.8) is 0 Å². The van der Waals surface area contributed by atoms with Gasteiger partial charge in [0, 0.05) is 40.7 Å². The smallest absolute Gasteiger partial charge is 0.169 e. The average Bonchev–Trinajstić information content (AvgIpc) is 3.18. The first-order valence-corrected chi connectivity index (χ1v) is 14.0. The van der Waals surface area contributed by atoms with E-state index < -0.39 is 0 Å². The Hall–Kier alpha value is -2.35. The molecular weight excluding hydrogens is 412 g/mol. The van der Waals surface area contributed by atoms with Gasteiger partial charge in [-0.2, -0.15) is 0 Å². The molecule has 0 aliphatic carbocycles. The zero-order valence-electron chi connectivity index (χ0n) is 21.8. The van der Waals surface area contributed by atoms with Crippen LogP contribution in [0.3, 0.4) is 0 Å². The van der Waals surface area contributed by atoms with Crippen molar-refractivity contribution in [2.75, 3.05) is 0 Å². The molecule has 0 fully saturated rings. The van der Waals surface area contributed by atoms with Gasteiger partial charge in [-0.1, -0.05) is 114 Å². The number of pyridine rings is 1. The molecule has 1 N–H and O–H groups in total. The Morgan fingerprint density at radius 2 is 1.24 bits per heavy atom. The van der Waals surface area contributed by atoms with Crippen molar-refractivity contribution in [2.45, 2.75) is 110 Å². The molecule has 0 amide bonds. The summed E-state index contributed by atoms with van der Waals surface area (Å²) in [6.07, 6.45) is 28.7. The second kappa shape index (κ2) is 15.5. The van der Waals surface area contributed by atoms with E-state index in [0.29, 0.717) is 0 Å². The second-order valence-electron chi connectivity index (χ2n) is 10.0. The third-order valence-electron chi connectivity index (χ3n) is 7.07. The zero-order valence-corrected chi connectivity index (χ0v) is 21.8. The molecule has 0 radical (unpaired) electrons. The highest BCUT2D eigenvalue weighted by atomic mass is 14.9.